The van der Waals surface area contributed by atoms with Crippen LogP contribution in [0.25, 0.3) is 0 Å². The van der Waals surface area contributed by atoms with Gasteiger partial charge in [-0.3, -0.25) is 19.2 Å². The Balaban J connectivity index is 3.04. The lowest BCUT2D eigenvalue weighted by molar-refractivity contribution is -0.142. The van der Waals surface area contributed by atoms with Crippen LogP contribution in [-0.2, 0) is 30.4 Å². The molecule has 1 rings (SSSR count). The number of hydrogen-bond acceptors (Lipinski definition) is 7. The Morgan fingerprint density at radius 2 is 1.43 bits per heavy atom. The molecule has 12 heteroatoms. The molecule has 0 aliphatic rings. The van der Waals surface area contributed by atoms with E-state index in [1.165, 1.54) is 6.92 Å². The van der Waals surface area contributed by atoms with E-state index in [-0.39, 0.29) is 25.7 Å². The van der Waals surface area contributed by atoms with Crippen LogP contribution >= 0.6 is 0 Å². The first-order chi connectivity index (χ1) is 16.5. The lowest BCUT2D eigenvalue weighted by atomic mass is 10.0. The summed E-state index contributed by atoms with van der Waals surface area (Å²) in [5.74, 6) is -3.93. The summed E-state index contributed by atoms with van der Waals surface area (Å²) in [4.78, 5) is 60.8. The monoisotopic (exact) mass is 492 g/mol. The van der Waals surface area contributed by atoms with Crippen LogP contribution in [0, 0.1) is 0 Å². The summed E-state index contributed by atoms with van der Waals surface area (Å²) >= 11 is 0. The van der Waals surface area contributed by atoms with Gasteiger partial charge in [-0.05, 0) is 44.7 Å². The van der Waals surface area contributed by atoms with E-state index < -0.39 is 53.8 Å². The molecule has 0 aliphatic carbocycles. The van der Waals surface area contributed by atoms with Crippen LogP contribution in [-0.4, -0.2) is 65.4 Å². The maximum Gasteiger partial charge on any atom is 0.326 e. The van der Waals surface area contributed by atoms with E-state index in [0.29, 0.717) is 19.4 Å². The Bertz CT molecular complexity index is 863. The van der Waals surface area contributed by atoms with Gasteiger partial charge in [-0.2, -0.15) is 0 Å². The van der Waals surface area contributed by atoms with Crippen molar-refractivity contribution in [2.75, 3.05) is 6.54 Å². The molecule has 4 atom stereocenters. The second kappa shape index (κ2) is 15.4. The number of carbonyl (C=O) groups excluding carboxylic acids is 4. The number of unbranched alkanes of at least 4 members (excludes halogenated alkanes) is 1. The summed E-state index contributed by atoms with van der Waals surface area (Å²) in [5.41, 5.74) is 17.0. The van der Waals surface area contributed by atoms with Crippen molar-refractivity contribution in [3.63, 3.8) is 0 Å². The zero-order valence-electron chi connectivity index (χ0n) is 19.9. The summed E-state index contributed by atoms with van der Waals surface area (Å²) in [6, 6.07) is 4.65. The van der Waals surface area contributed by atoms with Crippen molar-refractivity contribution >= 4 is 29.6 Å². The van der Waals surface area contributed by atoms with Gasteiger partial charge in [0.25, 0.3) is 0 Å². The Labute approximate surface area is 204 Å². The minimum Gasteiger partial charge on any atom is -0.480 e. The summed E-state index contributed by atoms with van der Waals surface area (Å²) in [5, 5.41) is 17.0. The highest BCUT2D eigenvalue weighted by Crippen LogP contribution is 2.08. The molecule has 0 saturated heterocycles. The molecule has 0 bridgehead atoms. The van der Waals surface area contributed by atoms with Crippen LogP contribution in [0.15, 0.2) is 30.3 Å². The van der Waals surface area contributed by atoms with Gasteiger partial charge in [0.05, 0.1) is 6.04 Å². The van der Waals surface area contributed by atoms with Crippen molar-refractivity contribution in [2.45, 2.75) is 69.6 Å². The minimum absolute atomic E-state index is 0.151. The van der Waals surface area contributed by atoms with Crippen molar-refractivity contribution in [1.29, 1.82) is 0 Å². The molecule has 0 heterocycles. The van der Waals surface area contributed by atoms with E-state index in [2.05, 4.69) is 16.0 Å². The lowest BCUT2D eigenvalue weighted by Crippen LogP contribution is -2.57. The van der Waals surface area contributed by atoms with E-state index >= 15 is 0 Å². The Morgan fingerprint density at radius 1 is 0.857 bits per heavy atom. The molecule has 4 amide bonds. The molecule has 0 fully saturated rings. The molecule has 0 aromatic heterocycles. The first-order valence-corrected chi connectivity index (χ1v) is 11.5. The van der Waals surface area contributed by atoms with Crippen molar-refractivity contribution < 1.29 is 29.1 Å². The molecular formula is C23H36N6O6. The van der Waals surface area contributed by atoms with Gasteiger partial charge in [0.2, 0.25) is 23.6 Å². The third-order valence-corrected chi connectivity index (χ3v) is 5.20. The van der Waals surface area contributed by atoms with E-state index in [9.17, 15) is 29.1 Å². The third kappa shape index (κ3) is 11.5. The maximum absolute atomic E-state index is 13.1. The number of aliphatic carboxylic acids is 1. The van der Waals surface area contributed by atoms with Crippen LogP contribution in [0.1, 0.15) is 44.6 Å². The van der Waals surface area contributed by atoms with Crippen LogP contribution in [0.5, 0.6) is 0 Å². The molecule has 194 valence electrons. The fourth-order valence-corrected chi connectivity index (χ4v) is 3.21. The van der Waals surface area contributed by atoms with E-state index in [1.807, 2.05) is 6.07 Å². The average molecular weight is 493 g/mol. The number of carboxylic acids is 1. The molecule has 1 aromatic rings. The van der Waals surface area contributed by atoms with Crippen molar-refractivity contribution in [3.8, 4) is 0 Å². The smallest absolute Gasteiger partial charge is 0.326 e. The maximum atomic E-state index is 13.1. The highest BCUT2D eigenvalue weighted by atomic mass is 16.4. The molecule has 0 radical (unpaired) electrons. The average Bonchev–Trinajstić information content (AvgIpc) is 2.80. The topological polar surface area (TPSA) is 220 Å². The third-order valence-electron chi connectivity index (χ3n) is 5.20. The Kier molecular flexibility index (Phi) is 13.0. The second-order valence-electron chi connectivity index (χ2n) is 8.29. The van der Waals surface area contributed by atoms with Gasteiger partial charge < -0.3 is 38.3 Å². The molecule has 4 unspecified atom stereocenters. The first-order valence-electron chi connectivity index (χ1n) is 11.5. The van der Waals surface area contributed by atoms with E-state index in [1.54, 1.807) is 24.3 Å². The number of nitrogens with one attached hydrogen (secondary N) is 3. The van der Waals surface area contributed by atoms with E-state index in [4.69, 9.17) is 17.2 Å². The van der Waals surface area contributed by atoms with Crippen molar-refractivity contribution in [2.24, 2.45) is 17.2 Å². The predicted octanol–water partition coefficient (Wildman–Crippen LogP) is -1.49. The molecule has 0 aliphatic heterocycles. The molecule has 35 heavy (non-hydrogen) atoms. The highest BCUT2D eigenvalue weighted by Gasteiger charge is 2.30. The second-order valence-corrected chi connectivity index (χ2v) is 8.29. The number of hydrogen-bond donors (Lipinski definition) is 7. The quantitative estimate of drug-likeness (QED) is 0.134. The van der Waals surface area contributed by atoms with Gasteiger partial charge in [-0.25, -0.2) is 4.79 Å². The van der Waals surface area contributed by atoms with Crippen molar-refractivity contribution in [3.05, 3.63) is 35.9 Å². The summed E-state index contributed by atoms with van der Waals surface area (Å²) in [6.07, 6.45) is 0.988. The van der Waals surface area contributed by atoms with Gasteiger partial charge in [-0.15, -0.1) is 0 Å². The number of carbonyl (C=O) groups is 5. The predicted molar refractivity (Wildman–Crippen MR) is 129 cm³/mol. The Hall–Kier alpha value is -3.51. The minimum atomic E-state index is -1.36. The van der Waals surface area contributed by atoms with Gasteiger partial charge >= 0.3 is 5.97 Å². The zero-order valence-corrected chi connectivity index (χ0v) is 19.9. The van der Waals surface area contributed by atoms with Crippen LogP contribution in [0.2, 0.25) is 0 Å². The largest absolute Gasteiger partial charge is 0.480 e. The highest BCUT2D eigenvalue weighted by molar-refractivity contribution is 5.94. The normalized spacial score (nSPS) is 14.1. The number of rotatable bonds is 16. The molecule has 0 saturated carbocycles. The first kappa shape index (κ1) is 29.5. The Morgan fingerprint density at radius 3 is 1.97 bits per heavy atom. The van der Waals surface area contributed by atoms with Gasteiger partial charge in [0.1, 0.15) is 18.1 Å². The molecule has 0 spiro atoms. The summed E-state index contributed by atoms with van der Waals surface area (Å²) in [6.45, 7) is 1.85. The standard InChI is InChI=1S/C23H36N6O6/c1-14(25)20(31)29-18(13-15-7-3-2-4-8-15)22(33)27-16(9-5-6-12-24)21(32)28-17(23(34)35)10-11-19(26)30/h2-4,7-8,14,16-18H,5-6,9-13,24-25H2,1H3,(H2,26,30)(H,27,33)(H,28,32)(H,29,31)(H,34,35). The molecule has 1 aromatic carbocycles. The van der Waals surface area contributed by atoms with Crippen LogP contribution < -0.4 is 33.2 Å². The van der Waals surface area contributed by atoms with Gasteiger partial charge in [-0.1, -0.05) is 30.3 Å². The fraction of sp³-hybridized carbons (Fsp3) is 0.522. The number of benzene rings is 1. The molecule has 12 nitrogen and oxygen atoms in total. The van der Waals surface area contributed by atoms with Gasteiger partial charge in [0.15, 0.2) is 0 Å². The number of carboxylic acid groups (broad SMARTS) is 1. The van der Waals surface area contributed by atoms with Crippen molar-refractivity contribution in [1.82, 2.24) is 16.0 Å². The number of primary amides is 1. The summed E-state index contributed by atoms with van der Waals surface area (Å²) in [7, 11) is 0. The number of nitrogens with two attached hydrogens (primary N) is 3. The van der Waals surface area contributed by atoms with Crippen LogP contribution in [0.3, 0.4) is 0 Å². The molecular weight excluding hydrogens is 456 g/mol. The number of amides is 4. The molecule has 10 N–H and O–H groups in total. The lowest BCUT2D eigenvalue weighted by Gasteiger charge is -2.25. The van der Waals surface area contributed by atoms with E-state index in [0.717, 1.165) is 5.56 Å². The summed E-state index contributed by atoms with van der Waals surface area (Å²) < 4.78 is 0. The SMILES string of the molecule is CC(N)C(=O)NC(Cc1ccccc1)C(=O)NC(CCCCN)C(=O)NC(CCC(N)=O)C(=O)O. The fourth-order valence-electron chi connectivity index (χ4n) is 3.21. The zero-order chi connectivity index (χ0) is 26.4. The van der Waals surface area contributed by atoms with Crippen LogP contribution in [0.4, 0.5) is 0 Å². The van der Waals surface area contributed by atoms with Gasteiger partial charge in [0, 0.05) is 12.8 Å².